The summed E-state index contributed by atoms with van der Waals surface area (Å²) in [5, 5.41) is 3.21. The van der Waals surface area contributed by atoms with Crippen molar-refractivity contribution >= 4 is 23.2 Å². The number of rotatable bonds is 5. The maximum Gasteiger partial charge on any atom is 0.261 e. The van der Waals surface area contributed by atoms with Crippen LogP contribution in [0.4, 0.5) is 5.69 Å². The molecule has 0 unspecified atom stereocenters. The number of nitrogens with zero attached hydrogens (tertiary/aromatic N) is 2. The molecule has 2 aromatic carbocycles. The van der Waals surface area contributed by atoms with Crippen LogP contribution in [0.15, 0.2) is 83.9 Å². The number of aromatic nitrogens is 2. The Labute approximate surface area is 191 Å². The summed E-state index contributed by atoms with van der Waals surface area (Å²) in [6.45, 7) is 4.30. The number of hydrogen-bond acceptors (Lipinski definition) is 3. The van der Waals surface area contributed by atoms with Crippen molar-refractivity contribution in [3.8, 4) is 11.3 Å². The molecule has 4 aromatic rings. The number of anilines is 1. The van der Waals surface area contributed by atoms with E-state index in [-0.39, 0.29) is 11.0 Å². The third-order valence-electron chi connectivity index (χ3n) is 5.33. The Hall–Kier alpha value is -3.70. The largest absolute Gasteiger partial charge is 0.340 e. The van der Waals surface area contributed by atoms with Crippen molar-refractivity contribution in [3.05, 3.63) is 117 Å². The van der Waals surface area contributed by atoms with Gasteiger partial charge in [-0.2, -0.15) is 0 Å². The van der Waals surface area contributed by atoms with Crippen LogP contribution in [0.3, 0.4) is 0 Å². The second kappa shape index (κ2) is 9.20. The number of pyridine rings is 2. The molecule has 0 spiro atoms. The molecule has 4 rings (SSSR count). The van der Waals surface area contributed by atoms with E-state index in [1.54, 1.807) is 36.7 Å². The van der Waals surface area contributed by atoms with E-state index in [9.17, 15) is 9.59 Å². The number of aryl methyl sites for hydroxylation is 2. The first-order valence-electron chi connectivity index (χ1n) is 10.2. The van der Waals surface area contributed by atoms with E-state index in [1.807, 2.05) is 54.8 Å². The van der Waals surface area contributed by atoms with Crippen LogP contribution in [-0.2, 0) is 6.54 Å². The maximum atomic E-state index is 13.4. The van der Waals surface area contributed by atoms with Crippen LogP contribution in [0.25, 0.3) is 11.3 Å². The Kier molecular flexibility index (Phi) is 6.19. The van der Waals surface area contributed by atoms with Crippen LogP contribution in [0.2, 0.25) is 5.02 Å². The minimum atomic E-state index is -0.499. The normalized spacial score (nSPS) is 10.7. The van der Waals surface area contributed by atoms with E-state index < -0.39 is 5.91 Å². The van der Waals surface area contributed by atoms with Gasteiger partial charge in [-0.15, -0.1) is 0 Å². The molecule has 5 nitrogen and oxygen atoms in total. The summed E-state index contributed by atoms with van der Waals surface area (Å²) in [6.07, 6.45) is 3.50. The van der Waals surface area contributed by atoms with Gasteiger partial charge in [-0.1, -0.05) is 54.1 Å². The Bertz CT molecular complexity index is 1350. The summed E-state index contributed by atoms with van der Waals surface area (Å²) in [4.78, 5) is 30.8. The number of hydrogen-bond donors (Lipinski definition) is 1. The second-order valence-corrected chi connectivity index (χ2v) is 7.98. The molecular weight excluding hydrogens is 422 g/mol. The van der Waals surface area contributed by atoms with Crippen molar-refractivity contribution in [2.24, 2.45) is 0 Å². The minimum Gasteiger partial charge on any atom is -0.340 e. The summed E-state index contributed by atoms with van der Waals surface area (Å²) in [6, 6.07) is 20.0. The molecule has 0 aliphatic rings. The fourth-order valence-corrected chi connectivity index (χ4v) is 3.91. The van der Waals surface area contributed by atoms with Gasteiger partial charge in [0.2, 0.25) is 0 Å². The van der Waals surface area contributed by atoms with Gasteiger partial charge >= 0.3 is 0 Å². The topological polar surface area (TPSA) is 64.0 Å². The lowest BCUT2D eigenvalue weighted by molar-refractivity contribution is 0.102. The molecule has 0 saturated carbocycles. The predicted octanol–water partition coefficient (Wildman–Crippen LogP) is 5.48. The highest BCUT2D eigenvalue weighted by Crippen LogP contribution is 2.29. The number of carbonyl (C=O) groups excluding carboxylic acids is 1. The van der Waals surface area contributed by atoms with Crippen LogP contribution in [0, 0.1) is 13.8 Å². The van der Waals surface area contributed by atoms with Crippen LogP contribution < -0.4 is 10.7 Å². The lowest BCUT2D eigenvalue weighted by atomic mass is 9.98. The zero-order valence-electron chi connectivity index (χ0n) is 17.8. The lowest BCUT2D eigenvalue weighted by Crippen LogP contribution is -2.27. The molecule has 0 fully saturated rings. The lowest BCUT2D eigenvalue weighted by Gasteiger charge is -2.21. The first-order chi connectivity index (χ1) is 15.5. The second-order valence-electron chi connectivity index (χ2n) is 7.57. The molecule has 0 atom stereocenters. The maximum absolute atomic E-state index is 13.4. The van der Waals surface area contributed by atoms with E-state index >= 15 is 0 Å². The van der Waals surface area contributed by atoms with Gasteiger partial charge < -0.3 is 9.88 Å². The predicted molar refractivity (Wildman–Crippen MR) is 128 cm³/mol. The molecule has 0 aliphatic carbocycles. The van der Waals surface area contributed by atoms with Gasteiger partial charge in [-0.05, 0) is 43.2 Å². The highest BCUT2D eigenvalue weighted by molar-refractivity contribution is 6.34. The SMILES string of the molecule is Cc1ccccc1-c1c(C(=O)Nc2ccccc2Cl)c(=O)cc(C)n1Cc1cccnc1. The molecular formula is C26H22ClN3O2. The highest BCUT2D eigenvalue weighted by Gasteiger charge is 2.23. The van der Waals surface area contributed by atoms with Crippen molar-refractivity contribution in [1.29, 1.82) is 0 Å². The van der Waals surface area contributed by atoms with E-state index in [0.29, 0.717) is 22.9 Å². The van der Waals surface area contributed by atoms with Gasteiger partial charge in [0.1, 0.15) is 5.56 Å². The highest BCUT2D eigenvalue weighted by atomic mass is 35.5. The minimum absolute atomic E-state index is 0.0775. The van der Waals surface area contributed by atoms with Crippen molar-refractivity contribution in [3.63, 3.8) is 0 Å². The zero-order valence-corrected chi connectivity index (χ0v) is 18.6. The molecule has 160 valence electrons. The molecule has 0 aliphatic heterocycles. The van der Waals surface area contributed by atoms with E-state index in [0.717, 1.165) is 22.4 Å². The molecule has 1 amide bonds. The summed E-state index contributed by atoms with van der Waals surface area (Å²) >= 11 is 6.24. The molecule has 0 saturated heterocycles. The molecule has 2 aromatic heterocycles. The Morgan fingerprint density at radius 1 is 1.03 bits per heavy atom. The van der Waals surface area contributed by atoms with Crippen molar-refractivity contribution in [1.82, 2.24) is 9.55 Å². The van der Waals surface area contributed by atoms with Crippen LogP contribution in [-0.4, -0.2) is 15.5 Å². The standard InChI is InChI=1S/C26H22ClN3O2/c1-17-8-3-4-10-20(17)25-24(26(32)29-22-12-6-5-11-21(22)27)23(31)14-18(2)30(25)16-19-9-7-13-28-15-19/h3-15H,16H2,1-2H3,(H,29,32). The summed E-state index contributed by atoms with van der Waals surface area (Å²) in [5.41, 5.74) is 4.26. The molecule has 32 heavy (non-hydrogen) atoms. The third-order valence-corrected chi connectivity index (χ3v) is 5.66. The number of para-hydroxylation sites is 1. The molecule has 0 bridgehead atoms. The van der Waals surface area contributed by atoms with E-state index in [4.69, 9.17) is 11.6 Å². The number of carbonyl (C=O) groups is 1. The first-order valence-corrected chi connectivity index (χ1v) is 10.6. The van der Waals surface area contributed by atoms with Crippen molar-refractivity contribution < 1.29 is 4.79 Å². The summed E-state index contributed by atoms with van der Waals surface area (Å²) < 4.78 is 1.99. The van der Waals surface area contributed by atoms with Crippen LogP contribution in [0.1, 0.15) is 27.2 Å². The van der Waals surface area contributed by atoms with E-state index in [1.165, 1.54) is 6.07 Å². The number of nitrogens with one attached hydrogen (secondary N) is 1. The fourth-order valence-electron chi connectivity index (χ4n) is 3.73. The average molecular weight is 444 g/mol. The van der Waals surface area contributed by atoms with Gasteiger partial charge in [0.25, 0.3) is 5.91 Å². The Balaban J connectivity index is 1.94. The molecule has 6 heteroatoms. The van der Waals surface area contributed by atoms with Crippen LogP contribution >= 0.6 is 11.6 Å². The van der Waals surface area contributed by atoms with Crippen LogP contribution in [0.5, 0.6) is 0 Å². The van der Waals surface area contributed by atoms with Gasteiger partial charge in [0, 0.05) is 36.3 Å². The average Bonchev–Trinajstić information content (AvgIpc) is 2.78. The third kappa shape index (κ3) is 4.34. The number of halogens is 1. The molecule has 0 radical (unpaired) electrons. The fraction of sp³-hybridized carbons (Fsp3) is 0.115. The summed E-state index contributed by atoms with van der Waals surface area (Å²) in [7, 11) is 0. The van der Waals surface area contributed by atoms with Crippen molar-refractivity contribution in [2.75, 3.05) is 5.32 Å². The van der Waals surface area contributed by atoms with Gasteiger partial charge in [0.15, 0.2) is 5.43 Å². The Morgan fingerprint density at radius 3 is 2.50 bits per heavy atom. The number of benzene rings is 2. The first kappa shape index (κ1) is 21.5. The van der Waals surface area contributed by atoms with E-state index in [2.05, 4.69) is 10.3 Å². The quantitative estimate of drug-likeness (QED) is 0.444. The van der Waals surface area contributed by atoms with Gasteiger partial charge in [-0.3, -0.25) is 14.6 Å². The zero-order chi connectivity index (χ0) is 22.7. The smallest absolute Gasteiger partial charge is 0.261 e. The summed E-state index contributed by atoms with van der Waals surface area (Å²) in [5.74, 6) is -0.499. The monoisotopic (exact) mass is 443 g/mol. The Morgan fingerprint density at radius 2 is 1.78 bits per heavy atom. The molecule has 2 heterocycles. The van der Waals surface area contributed by atoms with Crippen molar-refractivity contribution in [2.45, 2.75) is 20.4 Å². The van der Waals surface area contributed by atoms with Gasteiger partial charge in [-0.25, -0.2) is 0 Å². The van der Waals surface area contributed by atoms with Gasteiger partial charge in [0.05, 0.1) is 16.4 Å². The number of amides is 1. The molecule has 1 N–H and O–H groups in total.